The molecule has 32 heavy (non-hydrogen) atoms. The van der Waals surface area contributed by atoms with Crippen molar-refractivity contribution < 1.29 is 5.11 Å². The predicted octanol–water partition coefficient (Wildman–Crippen LogP) is 5.26. The number of terminal acetylenes is 1. The van der Waals surface area contributed by atoms with E-state index in [2.05, 4.69) is 42.3 Å². The number of rotatable bonds is 4. The first kappa shape index (κ1) is 27.0. The van der Waals surface area contributed by atoms with Gasteiger partial charge in [-0.25, -0.2) is 5.84 Å². The van der Waals surface area contributed by atoms with Gasteiger partial charge in [-0.05, 0) is 41.9 Å². The molecule has 0 bridgehead atoms. The molecule has 0 aromatic heterocycles. The molecular formula is C24H30ClN5OS. The van der Waals surface area contributed by atoms with Crippen LogP contribution in [0.5, 0.6) is 5.75 Å². The molecule has 0 aliphatic carbocycles. The quantitative estimate of drug-likeness (QED) is 0.0787. The topological polar surface area (TPSA) is 99.9 Å². The number of phenolic OH excluding ortho intramolecular Hbond substituents is 1. The van der Waals surface area contributed by atoms with E-state index in [0.29, 0.717) is 10.1 Å². The van der Waals surface area contributed by atoms with Crippen LogP contribution in [0.3, 0.4) is 0 Å². The zero-order valence-corrected chi connectivity index (χ0v) is 20.1. The molecule has 0 unspecified atom stereocenters. The third kappa shape index (κ3) is 7.57. The summed E-state index contributed by atoms with van der Waals surface area (Å²) in [6.07, 6.45) is 10.3. The van der Waals surface area contributed by atoms with Crippen LogP contribution in [0.25, 0.3) is 10.8 Å². The third-order valence-electron chi connectivity index (χ3n) is 4.32. The number of hydrazine groups is 1. The van der Waals surface area contributed by atoms with Gasteiger partial charge in [0.15, 0.2) is 0 Å². The Morgan fingerprint density at radius 3 is 2.25 bits per heavy atom. The minimum atomic E-state index is 0.188. The van der Waals surface area contributed by atoms with Crippen molar-refractivity contribution in [3.8, 4) is 18.6 Å². The van der Waals surface area contributed by atoms with Crippen LogP contribution >= 0.6 is 23.4 Å². The molecule has 8 heteroatoms. The first-order valence-electron chi connectivity index (χ1n) is 9.85. The Morgan fingerprint density at radius 1 is 1.16 bits per heavy atom. The van der Waals surface area contributed by atoms with E-state index in [1.165, 1.54) is 28.8 Å². The minimum absolute atomic E-state index is 0.188. The average molecular weight is 472 g/mol. The van der Waals surface area contributed by atoms with Gasteiger partial charge in [0, 0.05) is 35.6 Å². The Bertz CT molecular complexity index is 1040. The Kier molecular flexibility index (Phi) is 11.9. The maximum Gasteiger partial charge on any atom is 0.201 e. The SMILES string of the molecule is C#C.CCCc1ccc(Cl)cc1.CNc1cc(S/C(=N/N)N(C)N)c(O)c2ccccc12. The van der Waals surface area contributed by atoms with Gasteiger partial charge in [0.25, 0.3) is 0 Å². The molecule has 3 rings (SSSR count). The van der Waals surface area contributed by atoms with Crippen molar-refractivity contribution in [2.24, 2.45) is 16.8 Å². The lowest BCUT2D eigenvalue weighted by atomic mass is 10.1. The van der Waals surface area contributed by atoms with E-state index in [4.69, 9.17) is 23.3 Å². The Morgan fingerprint density at radius 2 is 1.75 bits per heavy atom. The molecule has 3 aromatic rings. The minimum Gasteiger partial charge on any atom is -0.506 e. The summed E-state index contributed by atoms with van der Waals surface area (Å²) >= 11 is 6.92. The van der Waals surface area contributed by atoms with Gasteiger partial charge in [0.1, 0.15) is 5.75 Å². The van der Waals surface area contributed by atoms with Crippen molar-refractivity contribution in [1.82, 2.24) is 5.01 Å². The number of phenols is 1. The monoisotopic (exact) mass is 471 g/mol. The van der Waals surface area contributed by atoms with E-state index in [-0.39, 0.29) is 5.75 Å². The number of halogens is 1. The van der Waals surface area contributed by atoms with E-state index >= 15 is 0 Å². The summed E-state index contributed by atoms with van der Waals surface area (Å²) in [6, 6.07) is 17.5. The summed E-state index contributed by atoms with van der Waals surface area (Å²) in [4.78, 5) is 0.634. The molecule has 0 atom stereocenters. The summed E-state index contributed by atoms with van der Waals surface area (Å²) in [5.74, 6) is 11.1. The molecular weight excluding hydrogens is 442 g/mol. The second-order valence-corrected chi connectivity index (χ2v) is 8.01. The number of aromatic hydroxyl groups is 1. The number of nitrogens with zero attached hydrogens (tertiary/aromatic N) is 2. The van der Waals surface area contributed by atoms with Crippen molar-refractivity contribution in [2.75, 3.05) is 19.4 Å². The number of amidine groups is 1. The molecule has 0 aliphatic rings. The van der Waals surface area contributed by atoms with Crippen LogP contribution in [-0.2, 0) is 6.42 Å². The Labute approximate surface area is 199 Å². The summed E-state index contributed by atoms with van der Waals surface area (Å²) in [6.45, 7) is 2.18. The first-order chi connectivity index (χ1) is 15.4. The Hall–Kier alpha value is -3.05. The smallest absolute Gasteiger partial charge is 0.201 e. The molecule has 0 heterocycles. The molecule has 0 saturated heterocycles. The van der Waals surface area contributed by atoms with E-state index in [1.54, 1.807) is 7.05 Å². The van der Waals surface area contributed by atoms with Gasteiger partial charge in [-0.1, -0.05) is 61.3 Å². The van der Waals surface area contributed by atoms with Gasteiger partial charge in [-0.15, -0.1) is 12.8 Å². The van der Waals surface area contributed by atoms with E-state index < -0.39 is 0 Å². The number of aryl methyl sites for hydroxylation is 1. The number of nitrogens with one attached hydrogen (secondary N) is 1. The van der Waals surface area contributed by atoms with Crippen molar-refractivity contribution in [3.63, 3.8) is 0 Å². The second kappa shape index (κ2) is 14.1. The van der Waals surface area contributed by atoms with Crippen LogP contribution < -0.4 is 17.0 Å². The highest BCUT2D eigenvalue weighted by atomic mass is 35.5. The average Bonchev–Trinajstić information content (AvgIpc) is 2.82. The van der Waals surface area contributed by atoms with Gasteiger partial charge >= 0.3 is 0 Å². The van der Waals surface area contributed by atoms with Gasteiger partial charge in [-0.2, -0.15) is 5.10 Å². The molecule has 0 amide bonds. The van der Waals surface area contributed by atoms with Crippen LogP contribution in [0.1, 0.15) is 18.9 Å². The molecule has 6 N–H and O–H groups in total. The normalized spacial score (nSPS) is 10.4. The van der Waals surface area contributed by atoms with Crippen LogP contribution in [0.15, 0.2) is 64.6 Å². The number of hydrogen-bond acceptors (Lipinski definition) is 6. The molecule has 0 fully saturated rings. The molecule has 170 valence electrons. The highest BCUT2D eigenvalue weighted by Crippen LogP contribution is 2.40. The molecule has 6 nitrogen and oxygen atoms in total. The van der Waals surface area contributed by atoms with Gasteiger partial charge in [0.05, 0.1) is 4.90 Å². The van der Waals surface area contributed by atoms with Crippen LogP contribution in [0.4, 0.5) is 5.69 Å². The molecule has 3 aromatic carbocycles. The third-order valence-corrected chi connectivity index (χ3v) is 5.67. The van der Waals surface area contributed by atoms with E-state index in [0.717, 1.165) is 27.9 Å². The van der Waals surface area contributed by atoms with Crippen molar-refractivity contribution in [2.45, 2.75) is 24.7 Å². The number of hydrogen-bond donors (Lipinski definition) is 4. The standard InChI is InChI=1S/C13H17N5OS.C9H11Cl.C2H2/c1-16-10-7-11(20-13(17-14)18(2)15)12(19)9-6-4-3-5-8(9)10;1-2-3-8-4-6-9(10)7-5-8;1-2/h3-7,16,19H,14-15H2,1-2H3;4-7H,2-3H2,1H3;1-2H/b17-13+;;. The van der Waals surface area contributed by atoms with Crippen LogP contribution in [0.2, 0.25) is 5.02 Å². The van der Waals surface area contributed by atoms with Crippen LogP contribution in [0, 0.1) is 12.8 Å². The fourth-order valence-corrected chi connectivity index (χ4v) is 3.75. The van der Waals surface area contributed by atoms with Crippen molar-refractivity contribution in [3.05, 3.63) is 65.2 Å². The maximum absolute atomic E-state index is 10.4. The largest absolute Gasteiger partial charge is 0.506 e. The number of fused-ring (bicyclic) bond motifs is 1. The second-order valence-electron chi connectivity index (χ2n) is 6.57. The predicted molar refractivity (Wildman–Crippen MR) is 140 cm³/mol. The summed E-state index contributed by atoms with van der Waals surface area (Å²) in [5.41, 5.74) is 2.28. The summed E-state index contributed by atoms with van der Waals surface area (Å²) in [7, 11) is 3.47. The lowest BCUT2D eigenvalue weighted by Crippen LogP contribution is -2.31. The first-order valence-corrected chi connectivity index (χ1v) is 11.0. The van der Waals surface area contributed by atoms with Crippen molar-refractivity contribution >= 4 is 45.0 Å². The maximum atomic E-state index is 10.4. The number of thioether (sulfide) groups is 1. The van der Waals surface area contributed by atoms with Crippen LogP contribution in [-0.4, -0.2) is 29.4 Å². The Balaban J connectivity index is 0.000000358. The summed E-state index contributed by atoms with van der Waals surface area (Å²) in [5, 5.41) is 21.4. The number of hydrazone groups is 1. The van der Waals surface area contributed by atoms with Gasteiger partial charge in [-0.3, -0.25) is 5.01 Å². The fourth-order valence-electron chi connectivity index (χ4n) is 2.85. The number of nitrogens with two attached hydrogens (primary N) is 2. The fraction of sp³-hybridized carbons (Fsp3) is 0.208. The van der Waals surface area contributed by atoms with E-state index in [9.17, 15) is 5.11 Å². The highest BCUT2D eigenvalue weighted by molar-refractivity contribution is 8.13. The van der Waals surface area contributed by atoms with Gasteiger partial charge in [0.2, 0.25) is 5.17 Å². The van der Waals surface area contributed by atoms with Crippen molar-refractivity contribution in [1.29, 1.82) is 0 Å². The lowest BCUT2D eigenvalue weighted by molar-refractivity contribution is 0.469. The van der Waals surface area contributed by atoms with E-state index in [1.807, 2.05) is 49.5 Å². The zero-order chi connectivity index (χ0) is 24.1. The van der Waals surface area contributed by atoms with Gasteiger partial charge < -0.3 is 16.3 Å². The highest BCUT2D eigenvalue weighted by Gasteiger charge is 2.14. The number of benzene rings is 3. The lowest BCUT2D eigenvalue weighted by Gasteiger charge is -2.16. The summed E-state index contributed by atoms with van der Waals surface area (Å²) < 4.78 is 0. The zero-order valence-electron chi connectivity index (χ0n) is 18.5. The molecule has 0 saturated carbocycles. The number of anilines is 1. The molecule has 0 radical (unpaired) electrons. The molecule has 0 spiro atoms. The molecule has 0 aliphatic heterocycles.